The molecule has 16 nitrogen and oxygen atoms in total. The highest BCUT2D eigenvalue weighted by atomic mass is 32.2. The number of anilines is 5. The summed E-state index contributed by atoms with van der Waals surface area (Å²) in [6, 6.07) is 16.3. The number of amides is 3. The molecule has 5 aromatic rings. The highest BCUT2D eigenvalue weighted by Gasteiger charge is 2.32. The summed E-state index contributed by atoms with van der Waals surface area (Å²) in [6.07, 6.45) is 4.89. The molecule has 3 aliphatic rings. The second-order valence-electron chi connectivity index (χ2n) is 16.3. The van der Waals surface area contributed by atoms with Crippen LogP contribution in [0.25, 0.3) is 11.0 Å². The fourth-order valence-electron chi connectivity index (χ4n) is 8.42. The first kappa shape index (κ1) is 41.0. The fourth-order valence-corrected chi connectivity index (χ4v) is 9.92. The van der Waals surface area contributed by atoms with Crippen molar-refractivity contribution >= 4 is 67.6 Å². The monoisotopic (exact) mass is 833 g/mol. The number of likely N-dealkylation sites (tertiary alicyclic amines) is 1. The first-order valence-electron chi connectivity index (χ1n) is 20.4. The largest absolute Gasteiger partial charge is 0.338 e. The number of carbonyl (C=O) groups is 3. The third-order valence-electron chi connectivity index (χ3n) is 11.7. The Labute approximate surface area is 349 Å². The minimum Gasteiger partial charge on any atom is -0.338 e. The molecule has 5 N–H and O–H groups in total. The Morgan fingerprint density at radius 3 is 2.40 bits per heavy atom. The van der Waals surface area contributed by atoms with Crippen LogP contribution in [-0.2, 0) is 44.4 Å². The van der Waals surface area contributed by atoms with Gasteiger partial charge in [0, 0.05) is 56.4 Å². The van der Waals surface area contributed by atoms with Gasteiger partial charge in [-0.3, -0.25) is 29.5 Å². The number of rotatable bonds is 12. The molecule has 0 aliphatic carbocycles. The van der Waals surface area contributed by atoms with Crippen molar-refractivity contribution in [2.45, 2.75) is 70.4 Å². The van der Waals surface area contributed by atoms with E-state index in [1.165, 1.54) is 17.2 Å². The van der Waals surface area contributed by atoms with Crippen LogP contribution in [0.3, 0.4) is 0 Å². The van der Waals surface area contributed by atoms with Gasteiger partial charge in [0.1, 0.15) is 6.04 Å². The Morgan fingerprint density at radius 1 is 0.867 bits per heavy atom. The molecule has 8 rings (SSSR count). The van der Waals surface area contributed by atoms with Gasteiger partial charge >= 0.3 is 0 Å². The molecule has 0 bridgehead atoms. The Balaban J connectivity index is 0.819. The van der Waals surface area contributed by atoms with Crippen LogP contribution in [0, 0.1) is 26.7 Å². The van der Waals surface area contributed by atoms with E-state index in [2.05, 4.69) is 85.0 Å². The maximum Gasteiger partial charge on any atom is 0.244 e. The molecule has 2 saturated heterocycles. The van der Waals surface area contributed by atoms with E-state index in [9.17, 15) is 22.8 Å². The smallest absolute Gasteiger partial charge is 0.244 e. The van der Waals surface area contributed by atoms with E-state index in [0.717, 1.165) is 91.3 Å². The normalized spacial score (nSPS) is 18.0. The molecular weight excluding hydrogens is 783 g/mol. The molecule has 0 spiro atoms. The van der Waals surface area contributed by atoms with Gasteiger partial charge in [0.15, 0.2) is 11.5 Å². The summed E-state index contributed by atoms with van der Waals surface area (Å²) in [5, 5.41) is 17.5. The van der Waals surface area contributed by atoms with E-state index in [4.69, 9.17) is 10.1 Å². The first-order chi connectivity index (χ1) is 28.8. The number of fused-ring (bicyclic) bond motifs is 2. The van der Waals surface area contributed by atoms with Gasteiger partial charge in [-0.25, -0.2) is 18.1 Å². The van der Waals surface area contributed by atoms with Crippen LogP contribution in [0.1, 0.15) is 53.5 Å². The Bertz CT molecular complexity index is 2570. The predicted octanol–water partition coefficient (Wildman–Crippen LogP) is 4.57. The number of aromatic nitrogens is 4. The number of benzene rings is 3. The van der Waals surface area contributed by atoms with Gasteiger partial charge < -0.3 is 16.0 Å². The summed E-state index contributed by atoms with van der Waals surface area (Å²) >= 11 is 0. The Kier molecular flexibility index (Phi) is 11.7. The van der Waals surface area contributed by atoms with Crippen LogP contribution in [0.5, 0.6) is 0 Å². The number of sulfonamides is 1. The Hall–Kier alpha value is -5.75. The molecule has 2 aromatic heterocycles. The number of piperidine rings is 2. The molecule has 2 fully saturated rings. The van der Waals surface area contributed by atoms with Crippen molar-refractivity contribution in [3.8, 4) is 0 Å². The number of aryl methyl sites for hydroxylation is 4. The van der Waals surface area contributed by atoms with Gasteiger partial charge in [-0.15, -0.1) is 0 Å². The zero-order chi connectivity index (χ0) is 42.1. The van der Waals surface area contributed by atoms with E-state index in [-0.39, 0.29) is 30.2 Å². The lowest BCUT2D eigenvalue weighted by atomic mass is 9.93. The van der Waals surface area contributed by atoms with Crippen LogP contribution in [-0.4, -0.2) is 94.5 Å². The van der Waals surface area contributed by atoms with E-state index < -0.39 is 27.9 Å². The average Bonchev–Trinajstić information content (AvgIpc) is 3.52. The van der Waals surface area contributed by atoms with Crippen LogP contribution in [0.15, 0.2) is 65.7 Å². The van der Waals surface area contributed by atoms with E-state index >= 15 is 0 Å². The molecule has 1 atom stereocenters. The fraction of sp³-hybridized carbons (Fsp3) is 0.395. The molecule has 3 amide bonds. The highest BCUT2D eigenvalue weighted by molar-refractivity contribution is 7.89. The third kappa shape index (κ3) is 9.18. The minimum atomic E-state index is -4.09. The van der Waals surface area contributed by atoms with Crippen molar-refractivity contribution in [3.63, 3.8) is 0 Å². The predicted molar refractivity (Wildman–Crippen MR) is 230 cm³/mol. The van der Waals surface area contributed by atoms with Crippen molar-refractivity contribution < 1.29 is 22.8 Å². The zero-order valence-corrected chi connectivity index (χ0v) is 35.2. The summed E-state index contributed by atoms with van der Waals surface area (Å²) in [6.45, 7) is 10.4. The quantitative estimate of drug-likeness (QED) is 0.110. The first-order valence-corrected chi connectivity index (χ1v) is 21.9. The molecular formula is C43H51N11O5S. The molecule has 5 heterocycles. The number of para-hydroxylation sites is 1. The molecule has 314 valence electrons. The molecule has 3 aliphatic heterocycles. The minimum absolute atomic E-state index is 0.0355. The summed E-state index contributed by atoms with van der Waals surface area (Å²) < 4.78 is 30.6. The molecule has 60 heavy (non-hydrogen) atoms. The highest BCUT2D eigenvalue weighted by Crippen LogP contribution is 2.31. The molecule has 0 saturated carbocycles. The third-order valence-corrected chi connectivity index (χ3v) is 13.4. The number of nitrogens with zero attached hydrogens (tertiary/aromatic N) is 6. The van der Waals surface area contributed by atoms with Crippen molar-refractivity contribution in [1.29, 1.82) is 0 Å². The van der Waals surface area contributed by atoms with Gasteiger partial charge in [-0.1, -0.05) is 30.3 Å². The number of nitrogens with one attached hydrogen (secondary N) is 5. The number of hydrogen-bond acceptors (Lipinski definition) is 12. The summed E-state index contributed by atoms with van der Waals surface area (Å²) in [7, 11) is -2.21. The Morgan fingerprint density at radius 2 is 1.63 bits per heavy atom. The van der Waals surface area contributed by atoms with E-state index in [0.29, 0.717) is 23.1 Å². The van der Waals surface area contributed by atoms with Gasteiger partial charge in [0.2, 0.25) is 33.7 Å². The van der Waals surface area contributed by atoms with Crippen LogP contribution in [0.4, 0.5) is 28.8 Å². The van der Waals surface area contributed by atoms with Crippen molar-refractivity contribution in [2.75, 3.05) is 48.7 Å². The van der Waals surface area contributed by atoms with Gasteiger partial charge in [-0.2, -0.15) is 14.8 Å². The lowest BCUT2D eigenvalue weighted by Gasteiger charge is -2.36. The SMILES string of the molecule is Cc1ccc(NC(=O)CN2CCC(CN3CCc4ccc(Nc5ncc6c(Nc7c(C)cccc7C)nn(C)c6n5)cc4C3)CC2)cc1S(=O)(=O)NC1CCC(=O)NC1=O. The summed E-state index contributed by atoms with van der Waals surface area (Å²) in [5.74, 6) is 0.414. The molecule has 17 heteroatoms. The molecule has 0 radical (unpaired) electrons. The van der Waals surface area contributed by atoms with Crippen LogP contribution >= 0.6 is 0 Å². The molecule has 3 aromatic carbocycles. The second-order valence-corrected chi connectivity index (χ2v) is 17.9. The maximum atomic E-state index is 13.2. The van der Waals surface area contributed by atoms with Crippen molar-refractivity contribution in [1.82, 2.24) is 39.6 Å². The number of hydrogen-bond donors (Lipinski definition) is 5. The maximum absolute atomic E-state index is 13.2. The lowest BCUT2D eigenvalue weighted by molar-refractivity contribution is -0.134. The number of carbonyl (C=O) groups excluding carboxylic acids is 3. The standard InChI is InChI=1S/C43H51N11O5S/c1-26-8-10-33(21-36(26)60(58,59)51-35-12-13-37(55)47-42(35)57)45-38(56)25-53-17-14-29(15-18-53)23-54-19-16-30-9-11-32(20-31(30)24-54)46-43-44-22-34-40(50-52(4)41(34)49-43)48-39-27(2)6-5-7-28(39)3/h5-11,20-22,29,35,51H,12-19,23-25H2,1-4H3,(H,45,56)(H,48,50)(H,44,46,49)(H,47,55,57). The summed E-state index contributed by atoms with van der Waals surface area (Å²) in [5.41, 5.74) is 8.45. The lowest BCUT2D eigenvalue weighted by Crippen LogP contribution is -2.52. The van der Waals surface area contributed by atoms with Gasteiger partial charge in [0.05, 0.1) is 16.8 Å². The number of imide groups is 1. The zero-order valence-electron chi connectivity index (χ0n) is 34.3. The van der Waals surface area contributed by atoms with Gasteiger partial charge in [0.25, 0.3) is 0 Å². The summed E-state index contributed by atoms with van der Waals surface area (Å²) in [4.78, 5) is 50.9. The van der Waals surface area contributed by atoms with Crippen LogP contribution in [0.2, 0.25) is 0 Å². The topological polar surface area (TPSA) is 196 Å². The van der Waals surface area contributed by atoms with E-state index in [1.54, 1.807) is 23.7 Å². The van der Waals surface area contributed by atoms with Crippen molar-refractivity contribution in [2.24, 2.45) is 13.0 Å². The second kappa shape index (κ2) is 17.1. The average molecular weight is 834 g/mol. The van der Waals surface area contributed by atoms with E-state index in [1.807, 2.05) is 19.3 Å². The van der Waals surface area contributed by atoms with Crippen LogP contribution < -0.4 is 26.0 Å². The molecule has 1 unspecified atom stereocenters. The van der Waals surface area contributed by atoms with Crippen molar-refractivity contribution in [3.05, 3.63) is 88.6 Å². The van der Waals surface area contributed by atoms with Gasteiger partial charge in [-0.05, 0) is 118 Å².